The van der Waals surface area contributed by atoms with Gasteiger partial charge in [-0.3, -0.25) is 9.59 Å². The van der Waals surface area contributed by atoms with E-state index in [9.17, 15) is 9.59 Å². The molecule has 4 rings (SSSR count). The number of anilines is 1. The Kier molecular flexibility index (Phi) is 5.40. The predicted molar refractivity (Wildman–Crippen MR) is 113 cm³/mol. The smallest absolute Gasteiger partial charge is 0.257 e. The van der Waals surface area contributed by atoms with Crippen LogP contribution < -0.4 is 10.2 Å². The van der Waals surface area contributed by atoms with Crippen LogP contribution in [-0.2, 0) is 6.54 Å². The molecule has 2 aromatic rings. The number of rotatable bonds is 4. The van der Waals surface area contributed by atoms with Gasteiger partial charge >= 0.3 is 0 Å². The summed E-state index contributed by atoms with van der Waals surface area (Å²) in [5.41, 5.74) is 3.20. The molecule has 0 aromatic heterocycles. The van der Waals surface area contributed by atoms with Gasteiger partial charge in [0.15, 0.2) is 0 Å². The Balaban J connectivity index is 1.57. The number of fused-ring (bicyclic) bond motifs is 2. The molecule has 0 radical (unpaired) electrons. The van der Waals surface area contributed by atoms with Gasteiger partial charge in [0.25, 0.3) is 11.8 Å². The Bertz CT molecular complexity index is 914. The molecule has 0 aliphatic carbocycles. The molecule has 1 atom stereocenters. The zero-order chi connectivity index (χ0) is 19.7. The van der Waals surface area contributed by atoms with E-state index in [-0.39, 0.29) is 18.0 Å². The minimum Gasteiger partial charge on any atom is -0.351 e. The van der Waals surface area contributed by atoms with E-state index in [0.717, 1.165) is 48.1 Å². The second kappa shape index (κ2) is 7.95. The van der Waals surface area contributed by atoms with Crippen LogP contribution in [0.3, 0.4) is 0 Å². The van der Waals surface area contributed by atoms with Crippen LogP contribution in [-0.4, -0.2) is 36.0 Å². The van der Waals surface area contributed by atoms with Gasteiger partial charge in [-0.2, -0.15) is 0 Å². The summed E-state index contributed by atoms with van der Waals surface area (Å²) < 4.78 is 0.988. The van der Waals surface area contributed by atoms with Gasteiger partial charge in [-0.15, -0.1) is 0 Å². The molecule has 2 aromatic carbocycles. The van der Waals surface area contributed by atoms with Crippen molar-refractivity contribution in [3.05, 3.63) is 63.6 Å². The first-order valence-corrected chi connectivity index (χ1v) is 10.6. The lowest BCUT2D eigenvalue weighted by atomic mass is 9.97. The summed E-state index contributed by atoms with van der Waals surface area (Å²) in [6.07, 6.45) is 3.29. The molecule has 2 aliphatic rings. The molecular formula is C22H24BrN3O2. The third-order valence-corrected chi connectivity index (χ3v) is 6.07. The van der Waals surface area contributed by atoms with Gasteiger partial charge < -0.3 is 15.1 Å². The summed E-state index contributed by atoms with van der Waals surface area (Å²) >= 11 is 3.45. The molecule has 2 heterocycles. The van der Waals surface area contributed by atoms with E-state index in [2.05, 4.69) is 33.1 Å². The number of carbonyl (C=O) groups excluding carboxylic acids is 2. The van der Waals surface area contributed by atoms with Crippen molar-refractivity contribution in [1.29, 1.82) is 0 Å². The number of piperidine rings is 1. The number of halogens is 1. The average Bonchev–Trinajstić information content (AvgIpc) is 2.72. The summed E-state index contributed by atoms with van der Waals surface area (Å²) in [6.45, 7) is 4.19. The third kappa shape index (κ3) is 3.53. The summed E-state index contributed by atoms with van der Waals surface area (Å²) in [4.78, 5) is 29.9. The number of nitrogens with zero attached hydrogens (tertiary/aromatic N) is 2. The average molecular weight is 442 g/mol. The molecule has 0 spiro atoms. The Hall–Kier alpha value is -2.34. The Labute approximate surface area is 173 Å². The van der Waals surface area contributed by atoms with Crippen molar-refractivity contribution in [3.8, 4) is 0 Å². The summed E-state index contributed by atoms with van der Waals surface area (Å²) in [6, 6.07) is 13.3. The topological polar surface area (TPSA) is 52.7 Å². The maximum atomic E-state index is 12.9. The second-order valence-corrected chi connectivity index (χ2v) is 8.22. The largest absolute Gasteiger partial charge is 0.351 e. The summed E-state index contributed by atoms with van der Waals surface area (Å²) in [5.74, 6) is -0.0390. The molecule has 1 saturated heterocycles. The van der Waals surface area contributed by atoms with E-state index in [1.54, 1.807) is 12.1 Å². The highest BCUT2D eigenvalue weighted by Crippen LogP contribution is 2.35. The molecule has 28 heavy (non-hydrogen) atoms. The van der Waals surface area contributed by atoms with Gasteiger partial charge in [0.05, 0.1) is 11.3 Å². The fourth-order valence-electron chi connectivity index (χ4n) is 4.19. The molecule has 146 valence electrons. The number of hydrogen-bond donors (Lipinski definition) is 1. The first kappa shape index (κ1) is 19.0. The number of carbonyl (C=O) groups is 2. The van der Waals surface area contributed by atoms with Crippen molar-refractivity contribution in [2.45, 2.75) is 38.9 Å². The number of benzene rings is 2. The molecular weight excluding hydrogens is 418 g/mol. The van der Waals surface area contributed by atoms with E-state index in [1.807, 2.05) is 35.2 Å². The number of hydrogen-bond acceptors (Lipinski definition) is 3. The third-order valence-electron chi connectivity index (χ3n) is 5.57. The van der Waals surface area contributed by atoms with E-state index < -0.39 is 0 Å². The summed E-state index contributed by atoms with van der Waals surface area (Å²) in [5, 5.41) is 2.98. The van der Waals surface area contributed by atoms with E-state index in [1.165, 1.54) is 0 Å². The highest BCUT2D eigenvalue weighted by atomic mass is 79.9. The zero-order valence-electron chi connectivity index (χ0n) is 16.0. The maximum absolute atomic E-state index is 12.9. The molecule has 1 fully saturated rings. The lowest BCUT2D eigenvalue weighted by Crippen LogP contribution is -2.57. The van der Waals surface area contributed by atoms with Crippen LogP contribution in [0.1, 0.15) is 52.5 Å². The van der Waals surface area contributed by atoms with Crippen molar-refractivity contribution in [2.75, 3.05) is 18.0 Å². The number of amides is 2. The second-order valence-electron chi connectivity index (χ2n) is 7.31. The minimum absolute atomic E-state index is 0.0884. The van der Waals surface area contributed by atoms with Crippen molar-refractivity contribution in [1.82, 2.24) is 10.2 Å². The van der Waals surface area contributed by atoms with E-state index >= 15 is 0 Å². The van der Waals surface area contributed by atoms with Crippen molar-refractivity contribution in [3.63, 3.8) is 0 Å². The van der Waals surface area contributed by atoms with Gasteiger partial charge in [0, 0.05) is 29.7 Å². The van der Waals surface area contributed by atoms with Crippen molar-refractivity contribution < 1.29 is 9.59 Å². The maximum Gasteiger partial charge on any atom is 0.257 e. The lowest BCUT2D eigenvalue weighted by Gasteiger charge is -2.47. The van der Waals surface area contributed by atoms with Crippen LogP contribution in [0.5, 0.6) is 0 Å². The van der Waals surface area contributed by atoms with Crippen LogP contribution in [0, 0.1) is 0 Å². The Morgan fingerprint density at radius 1 is 1.21 bits per heavy atom. The monoisotopic (exact) mass is 441 g/mol. The Morgan fingerprint density at radius 3 is 2.86 bits per heavy atom. The van der Waals surface area contributed by atoms with Gasteiger partial charge in [-0.25, -0.2) is 0 Å². The normalized spacial score (nSPS) is 18.5. The van der Waals surface area contributed by atoms with Crippen LogP contribution in [0.2, 0.25) is 0 Å². The van der Waals surface area contributed by atoms with Gasteiger partial charge in [0.1, 0.15) is 6.17 Å². The van der Waals surface area contributed by atoms with Crippen LogP contribution in [0.4, 0.5) is 5.69 Å². The Morgan fingerprint density at radius 2 is 2.07 bits per heavy atom. The minimum atomic E-state index is -0.127. The van der Waals surface area contributed by atoms with Crippen molar-refractivity contribution in [2.24, 2.45) is 0 Å². The molecule has 2 amide bonds. The number of nitrogens with one attached hydrogen (secondary N) is 1. The van der Waals surface area contributed by atoms with Gasteiger partial charge in [-0.1, -0.05) is 28.1 Å². The standard InChI is InChI=1S/C22H24BrN3O2/c1-2-25-19-13-16(21(27)24-14-15-6-5-7-17(23)12-15)9-10-18(19)22(28)26-11-4-3-8-20(25)26/h5-7,9-10,12-13,20H,2-4,8,11,14H2,1H3,(H,24,27)/t20-/m1/s1. The molecule has 5 nitrogen and oxygen atoms in total. The lowest BCUT2D eigenvalue weighted by molar-refractivity contribution is 0.0582. The van der Waals surface area contributed by atoms with Crippen LogP contribution in [0.25, 0.3) is 0 Å². The van der Waals surface area contributed by atoms with Crippen LogP contribution >= 0.6 is 15.9 Å². The van der Waals surface area contributed by atoms with E-state index in [0.29, 0.717) is 17.7 Å². The van der Waals surface area contributed by atoms with Gasteiger partial charge in [-0.05, 0) is 62.1 Å². The highest BCUT2D eigenvalue weighted by molar-refractivity contribution is 9.10. The SMILES string of the molecule is CCN1c2cc(C(=O)NCc3cccc(Br)c3)ccc2C(=O)N2CCCC[C@@H]21. The van der Waals surface area contributed by atoms with E-state index in [4.69, 9.17) is 0 Å². The predicted octanol–water partition coefficient (Wildman–Crippen LogP) is 4.17. The highest BCUT2D eigenvalue weighted by Gasteiger charge is 2.38. The molecule has 0 bridgehead atoms. The first-order valence-electron chi connectivity index (χ1n) is 9.83. The van der Waals surface area contributed by atoms with Crippen molar-refractivity contribution >= 4 is 33.4 Å². The molecule has 2 aliphatic heterocycles. The quantitative estimate of drug-likeness (QED) is 0.774. The summed E-state index contributed by atoms with van der Waals surface area (Å²) in [7, 11) is 0. The molecule has 1 N–H and O–H groups in total. The molecule has 6 heteroatoms. The molecule has 0 saturated carbocycles. The zero-order valence-corrected chi connectivity index (χ0v) is 17.5. The first-order chi connectivity index (χ1) is 13.6. The van der Waals surface area contributed by atoms with Crippen LogP contribution in [0.15, 0.2) is 46.9 Å². The molecule has 0 unspecified atom stereocenters. The fraction of sp³-hybridized carbons (Fsp3) is 0.364. The van der Waals surface area contributed by atoms with Gasteiger partial charge in [0.2, 0.25) is 0 Å². The fourth-order valence-corrected chi connectivity index (χ4v) is 4.64.